The number of carbonyl (C=O) groups is 1. The zero-order valence-corrected chi connectivity index (χ0v) is 17.3. The summed E-state index contributed by atoms with van der Waals surface area (Å²) in [7, 11) is 0. The van der Waals surface area contributed by atoms with Gasteiger partial charge in [0, 0.05) is 30.0 Å². The summed E-state index contributed by atoms with van der Waals surface area (Å²) in [4.78, 5) is 20.1. The molecule has 8 heteroatoms. The van der Waals surface area contributed by atoms with Gasteiger partial charge in [0.2, 0.25) is 5.95 Å². The molecule has 2 atom stereocenters. The van der Waals surface area contributed by atoms with Crippen molar-refractivity contribution in [1.29, 1.82) is 0 Å². The Hall–Kier alpha value is -3.26. The molecule has 2 aromatic heterocycles. The van der Waals surface area contributed by atoms with Crippen LogP contribution in [0.1, 0.15) is 48.7 Å². The lowest BCUT2D eigenvalue weighted by atomic mass is 9.95. The Morgan fingerprint density at radius 1 is 1.17 bits per heavy atom. The van der Waals surface area contributed by atoms with Crippen LogP contribution in [0, 0.1) is 6.92 Å². The SMILES string of the molecule is Cc1cnc(Nc2cnn(C3CC(C)NC(C)C3)c2)nc1-c1ccc(C(=O)O)cc1. The topological polar surface area (TPSA) is 105 Å². The van der Waals surface area contributed by atoms with Gasteiger partial charge in [-0.25, -0.2) is 14.8 Å². The summed E-state index contributed by atoms with van der Waals surface area (Å²) in [5.74, 6) is -0.470. The molecule has 1 aromatic carbocycles. The smallest absolute Gasteiger partial charge is 0.335 e. The monoisotopic (exact) mass is 406 g/mol. The van der Waals surface area contributed by atoms with E-state index in [9.17, 15) is 4.79 Å². The summed E-state index contributed by atoms with van der Waals surface area (Å²) < 4.78 is 2.02. The molecule has 3 heterocycles. The van der Waals surface area contributed by atoms with Crippen LogP contribution in [0.5, 0.6) is 0 Å². The molecule has 3 aromatic rings. The van der Waals surface area contributed by atoms with Gasteiger partial charge in [-0.2, -0.15) is 5.10 Å². The average molecular weight is 406 g/mol. The molecule has 0 amide bonds. The molecule has 0 bridgehead atoms. The molecule has 0 saturated carbocycles. The zero-order valence-electron chi connectivity index (χ0n) is 17.3. The van der Waals surface area contributed by atoms with Crippen molar-refractivity contribution in [3.63, 3.8) is 0 Å². The Balaban J connectivity index is 1.52. The third-order valence-corrected chi connectivity index (χ3v) is 5.43. The predicted octanol–water partition coefficient (Wildman–Crippen LogP) is 3.79. The number of hydrogen-bond acceptors (Lipinski definition) is 6. The first-order chi connectivity index (χ1) is 14.4. The van der Waals surface area contributed by atoms with Gasteiger partial charge in [-0.1, -0.05) is 12.1 Å². The fourth-order valence-electron chi connectivity index (χ4n) is 4.05. The number of aromatic nitrogens is 4. The minimum atomic E-state index is -0.946. The molecular weight excluding hydrogens is 380 g/mol. The molecule has 8 nitrogen and oxygen atoms in total. The molecule has 1 aliphatic heterocycles. The van der Waals surface area contributed by atoms with Crippen LogP contribution in [-0.4, -0.2) is 42.9 Å². The van der Waals surface area contributed by atoms with Crippen molar-refractivity contribution in [2.24, 2.45) is 0 Å². The Morgan fingerprint density at radius 2 is 1.87 bits per heavy atom. The fraction of sp³-hybridized carbons (Fsp3) is 0.364. The number of piperidine rings is 1. The van der Waals surface area contributed by atoms with Gasteiger partial charge in [-0.3, -0.25) is 4.68 Å². The molecule has 0 radical (unpaired) electrons. The molecule has 3 N–H and O–H groups in total. The van der Waals surface area contributed by atoms with Crippen LogP contribution in [0.2, 0.25) is 0 Å². The van der Waals surface area contributed by atoms with E-state index < -0.39 is 5.97 Å². The third-order valence-electron chi connectivity index (χ3n) is 5.43. The van der Waals surface area contributed by atoms with E-state index in [4.69, 9.17) is 5.11 Å². The minimum Gasteiger partial charge on any atom is -0.478 e. The highest BCUT2D eigenvalue weighted by molar-refractivity contribution is 5.88. The van der Waals surface area contributed by atoms with Crippen molar-refractivity contribution in [1.82, 2.24) is 25.1 Å². The molecule has 1 fully saturated rings. The highest BCUT2D eigenvalue weighted by Gasteiger charge is 2.25. The maximum absolute atomic E-state index is 11.1. The Labute approximate surface area is 175 Å². The molecule has 1 aliphatic rings. The molecule has 2 unspecified atom stereocenters. The Bertz CT molecular complexity index is 1040. The minimum absolute atomic E-state index is 0.248. The lowest BCUT2D eigenvalue weighted by Gasteiger charge is -2.32. The van der Waals surface area contributed by atoms with Crippen LogP contribution in [-0.2, 0) is 0 Å². The van der Waals surface area contributed by atoms with Crippen LogP contribution in [0.4, 0.5) is 11.6 Å². The van der Waals surface area contributed by atoms with Gasteiger partial charge in [0.15, 0.2) is 0 Å². The molecule has 0 aliphatic carbocycles. The summed E-state index contributed by atoms with van der Waals surface area (Å²) in [5.41, 5.74) is 3.61. The maximum atomic E-state index is 11.1. The van der Waals surface area contributed by atoms with Gasteiger partial charge in [0.1, 0.15) is 0 Å². The van der Waals surface area contributed by atoms with Gasteiger partial charge in [-0.05, 0) is 51.3 Å². The van der Waals surface area contributed by atoms with Gasteiger partial charge < -0.3 is 15.7 Å². The van der Waals surface area contributed by atoms with Crippen LogP contribution in [0.3, 0.4) is 0 Å². The van der Waals surface area contributed by atoms with Crippen LogP contribution in [0.15, 0.2) is 42.9 Å². The van der Waals surface area contributed by atoms with Crippen molar-refractivity contribution in [2.45, 2.75) is 51.7 Å². The quantitative estimate of drug-likeness (QED) is 0.592. The van der Waals surface area contributed by atoms with Crippen molar-refractivity contribution < 1.29 is 9.90 Å². The Morgan fingerprint density at radius 3 is 2.53 bits per heavy atom. The number of aryl methyl sites for hydroxylation is 1. The van der Waals surface area contributed by atoms with E-state index in [-0.39, 0.29) is 5.56 Å². The molecular formula is C22H26N6O2. The third kappa shape index (κ3) is 4.33. The van der Waals surface area contributed by atoms with Crippen molar-refractivity contribution in [2.75, 3.05) is 5.32 Å². The van der Waals surface area contributed by atoms with E-state index >= 15 is 0 Å². The predicted molar refractivity (Wildman–Crippen MR) is 115 cm³/mol. The van der Waals surface area contributed by atoms with Gasteiger partial charge in [-0.15, -0.1) is 0 Å². The number of rotatable bonds is 5. The summed E-state index contributed by atoms with van der Waals surface area (Å²) >= 11 is 0. The summed E-state index contributed by atoms with van der Waals surface area (Å²) in [5, 5.41) is 20.4. The average Bonchev–Trinajstić information content (AvgIpc) is 3.17. The summed E-state index contributed by atoms with van der Waals surface area (Å²) in [6.07, 6.45) is 7.64. The number of carboxylic acid groups (broad SMARTS) is 1. The molecule has 0 spiro atoms. The molecule has 4 rings (SSSR count). The van der Waals surface area contributed by atoms with Gasteiger partial charge >= 0.3 is 5.97 Å². The summed E-state index contributed by atoms with van der Waals surface area (Å²) in [6, 6.07) is 7.99. The first-order valence-corrected chi connectivity index (χ1v) is 10.1. The second-order valence-corrected chi connectivity index (χ2v) is 8.04. The first-order valence-electron chi connectivity index (χ1n) is 10.1. The Kier molecular flexibility index (Phi) is 5.50. The lowest BCUT2D eigenvalue weighted by Crippen LogP contribution is -2.43. The summed E-state index contributed by atoms with van der Waals surface area (Å²) in [6.45, 7) is 6.34. The number of nitrogens with zero attached hydrogens (tertiary/aromatic N) is 4. The van der Waals surface area contributed by atoms with E-state index in [2.05, 4.69) is 39.5 Å². The maximum Gasteiger partial charge on any atom is 0.335 e. The van der Waals surface area contributed by atoms with E-state index in [1.165, 1.54) is 0 Å². The van der Waals surface area contributed by atoms with Gasteiger partial charge in [0.05, 0.1) is 29.2 Å². The lowest BCUT2D eigenvalue weighted by molar-refractivity contribution is 0.0697. The van der Waals surface area contributed by atoms with Crippen LogP contribution >= 0.6 is 0 Å². The van der Waals surface area contributed by atoms with Crippen molar-refractivity contribution in [3.8, 4) is 11.3 Å². The van der Waals surface area contributed by atoms with Crippen LogP contribution < -0.4 is 10.6 Å². The number of benzene rings is 1. The first kappa shape index (κ1) is 20.0. The second-order valence-electron chi connectivity index (χ2n) is 8.04. The van der Waals surface area contributed by atoms with E-state index in [0.717, 1.165) is 35.3 Å². The van der Waals surface area contributed by atoms with E-state index in [0.29, 0.717) is 24.1 Å². The largest absolute Gasteiger partial charge is 0.478 e. The number of carboxylic acids is 1. The normalized spacial score (nSPS) is 21.4. The highest BCUT2D eigenvalue weighted by Crippen LogP contribution is 2.27. The van der Waals surface area contributed by atoms with E-state index in [1.54, 1.807) is 36.7 Å². The molecule has 156 valence electrons. The number of nitrogens with one attached hydrogen (secondary N) is 2. The van der Waals surface area contributed by atoms with E-state index in [1.807, 2.05) is 17.8 Å². The number of hydrogen-bond donors (Lipinski definition) is 3. The zero-order chi connectivity index (χ0) is 21.3. The van der Waals surface area contributed by atoms with Crippen molar-refractivity contribution in [3.05, 3.63) is 54.0 Å². The molecule has 30 heavy (non-hydrogen) atoms. The number of aromatic carboxylic acids is 1. The van der Waals surface area contributed by atoms with Gasteiger partial charge in [0.25, 0.3) is 0 Å². The second kappa shape index (κ2) is 8.23. The molecule has 1 saturated heterocycles. The fourth-order valence-corrected chi connectivity index (χ4v) is 4.05. The van der Waals surface area contributed by atoms with Crippen molar-refractivity contribution >= 4 is 17.6 Å². The highest BCUT2D eigenvalue weighted by atomic mass is 16.4. The standard InChI is InChI=1S/C22H26N6O2/c1-13-10-23-22(27-20(13)16-4-6-17(7-5-16)21(29)30)26-18-11-24-28(12-18)19-8-14(2)25-15(3)9-19/h4-7,10-12,14-15,19,25H,8-9H2,1-3H3,(H,29,30)(H,23,26,27). The van der Waals surface area contributed by atoms with Crippen LogP contribution in [0.25, 0.3) is 11.3 Å². The number of anilines is 2.